The fraction of sp³-hybridized carbons (Fsp3) is 0.500. The molecule has 1 aromatic carbocycles. The molecule has 0 saturated carbocycles. The van der Waals surface area contributed by atoms with Gasteiger partial charge in [0.2, 0.25) is 6.08 Å². The first kappa shape index (κ1) is 13.9. The summed E-state index contributed by atoms with van der Waals surface area (Å²) in [5, 5.41) is 10.2. The monoisotopic (exact) mass is 261 g/mol. The van der Waals surface area contributed by atoms with Gasteiger partial charge in [-0.05, 0) is 24.7 Å². The van der Waals surface area contributed by atoms with Crippen LogP contribution in [-0.4, -0.2) is 60.8 Å². The van der Waals surface area contributed by atoms with Crippen LogP contribution in [0.1, 0.15) is 11.7 Å². The number of hydrogen-bond donors (Lipinski definition) is 1. The Morgan fingerprint density at radius 1 is 1.26 bits per heavy atom. The first-order valence-corrected chi connectivity index (χ1v) is 6.46. The summed E-state index contributed by atoms with van der Waals surface area (Å²) in [4.78, 5) is 18.2. The molecule has 0 aromatic heterocycles. The standard InChI is InChI=1S/C14H19N3O2/c1-16-6-8-17(9-7-16)10-14(19)12-2-4-13(5-3-12)15-11-18/h2-5,14,19H,6-10H2,1H3. The predicted octanol–water partition coefficient (Wildman–Crippen LogP) is 0.935. The Morgan fingerprint density at radius 2 is 1.89 bits per heavy atom. The molecule has 1 heterocycles. The number of carbonyl (C=O) groups excluding carboxylic acids is 1. The minimum Gasteiger partial charge on any atom is -0.387 e. The fourth-order valence-corrected chi connectivity index (χ4v) is 2.20. The molecule has 1 fully saturated rings. The van der Waals surface area contributed by atoms with Gasteiger partial charge in [-0.2, -0.15) is 4.99 Å². The van der Waals surface area contributed by atoms with Gasteiger partial charge in [0.1, 0.15) is 0 Å². The van der Waals surface area contributed by atoms with Gasteiger partial charge in [-0.1, -0.05) is 12.1 Å². The van der Waals surface area contributed by atoms with Gasteiger partial charge in [0.05, 0.1) is 11.8 Å². The average molecular weight is 261 g/mol. The molecular formula is C14H19N3O2. The van der Waals surface area contributed by atoms with E-state index in [0.29, 0.717) is 12.2 Å². The smallest absolute Gasteiger partial charge is 0.240 e. The maximum Gasteiger partial charge on any atom is 0.240 e. The molecule has 1 N–H and O–H groups in total. The van der Waals surface area contributed by atoms with Crippen LogP contribution in [0.15, 0.2) is 29.3 Å². The van der Waals surface area contributed by atoms with Crippen molar-refractivity contribution < 1.29 is 9.90 Å². The highest BCUT2D eigenvalue weighted by Gasteiger charge is 2.17. The normalized spacial score (nSPS) is 18.8. The van der Waals surface area contributed by atoms with Gasteiger partial charge >= 0.3 is 0 Å². The lowest BCUT2D eigenvalue weighted by atomic mass is 10.1. The van der Waals surface area contributed by atoms with Gasteiger partial charge in [-0.25, -0.2) is 4.79 Å². The molecule has 5 heteroatoms. The van der Waals surface area contributed by atoms with Crippen LogP contribution in [-0.2, 0) is 4.79 Å². The predicted molar refractivity (Wildman–Crippen MR) is 73.1 cm³/mol. The molecule has 1 aromatic rings. The Morgan fingerprint density at radius 3 is 2.47 bits per heavy atom. The summed E-state index contributed by atoms with van der Waals surface area (Å²) >= 11 is 0. The van der Waals surface area contributed by atoms with E-state index in [1.807, 2.05) is 0 Å². The SMILES string of the molecule is CN1CCN(CC(O)c2ccc(N=C=O)cc2)CC1. The molecule has 102 valence electrons. The van der Waals surface area contributed by atoms with Crippen molar-refractivity contribution in [3.63, 3.8) is 0 Å². The Hall–Kier alpha value is -1.52. The molecule has 0 aliphatic carbocycles. The lowest BCUT2D eigenvalue weighted by molar-refractivity contribution is 0.0805. The number of nitrogens with zero attached hydrogens (tertiary/aromatic N) is 3. The summed E-state index contributed by atoms with van der Waals surface area (Å²) in [6.07, 6.45) is 1.000. The highest BCUT2D eigenvalue weighted by Crippen LogP contribution is 2.19. The summed E-state index contributed by atoms with van der Waals surface area (Å²) in [6.45, 7) is 4.70. The Labute approximate surface area is 113 Å². The first-order chi connectivity index (χ1) is 9.19. The number of rotatable bonds is 4. The van der Waals surface area contributed by atoms with Gasteiger partial charge in [-0.3, -0.25) is 4.90 Å². The van der Waals surface area contributed by atoms with E-state index in [9.17, 15) is 9.90 Å². The van der Waals surface area contributed by atoms with E-state index in [4.69, 9.17) is 0 Å². The van der Waals surface area contributed by atoms with Crippen molar-refractivity contribution in [1.29, 1.82) is 0 Å². The molecule has 0 radical (unpaired) electrons. The molecule has 1 atom stereocenters. The van der Waals surface area contributed by atoms with Crippen LogP contribution >= 0.6 is 0 Å². The van der Waals surface area contributed by atoms with E-state index in [2.05, 4.69) is 21.8 Å². The first-order valence-electron chi connectivity index (χ1n) is 6.46. The van der Waals surface area contributed by atoms with Gasteiger partial charge in [0.15, 0.2) is 0 Å². The number of benzene rings is 1. The lowest BCUT2D eigenvalue weighted by Gasteiger charge is -2.33. The minimum absolute atomic E-state index is 0.502. The number of aliphatic hydroxyl groups is 1. The Kier molecular flexibility index (Phi) is 4.82. The van der Waals surface area contributed by atoms with E-state index in [-0.39, 0.29) is 0 Å². The second kappa shape index (κ2) is 6.59. The van der Waals surface area contributed by atoms with Gasteiger partial charge < -0.3 is 10.0 Å². The van der Waals surface area contributed by atoms with Crippen molar-refractivity contribution in [1.82, 2.24) is 9.80 Å². The maximum absolute atomic E-state index is 10.2. The van der Waals surface area contributed by atoms with Crippen LogP contribution in [0.4, 0.5) is 5.69 Å². The summed E-state index contributed by atoms with van der Waals surface area (Å²) in [5.74, 6) is 0. The summed E-state index contributed by atoms with van der Waals surface area (Å²) < 4.78 is 0. The van der Waals surface area contributed by atoms with Crippen molar-refractivity contribution in [3.05, 3.63) is 29.8 Å². The number of isocyanates is 1. The topological polar surface area (TPSA) is 56.1 Å². The van der Waals surface area contributed by atoms with E-state index in [1.165, 1.54) is 6.08 Å². The third-order valence-electron chi connectivity index (χ3n) is 3.48. The summed E-state index contributed by atoms with van der Waals surface area (Å²) in [7, 11) is 2.11. The highest BCUT2D eigenvalue weighted by molar-refractivity contribution is 5.49. The summed E-state index contributed by atoms with van der Waals surface area (Å²) in [6, 6.07) is 7.04. The summed E-state index contributed by atoms with van der Waals surface area (Å²) in [5.41, 5.74) is 1.41. The molecule has 1 saturated heterocycles. The minimum atomic E-state index is -0.502. The van der Waals surface area contributed by atoms with E-state index in [1.54, 1.807) is 24.3 Å². The van der Waals surface area contributed by atoms with E-state index >= 15 is 0 Å². The van der Waals surface area contributed by atoms with Crippen molar-refractivity contribution in [2.45, 2.75) is 6.10 Å². The molecule has 2 rings (SSSR count). The largest absolute Gasteiger partial charge is 0.387 e. The quantitative estimate of drug-likeness (QED) is 0.647. The Bertz CT molecular complexity index is 446. The molecule has 1 unspecified atom stereocenters. The molecule has 5 nitrogen and oxygen atoms in total. The molecule has 0 spiro atoms. The molecule has 1 aliphatic heterocycles. The second-order valence-corrected chi connectivity index (χ2v) is 4.91. The van der Waals surface area contributed by atoms with Crippen LogP contribution in [0.5, 0.6) is 0 Å². The lowest BCUT2D eigenvalue weighted by Crippen LogP contribution is -2.45. The van der Waals surface area contributed by atoms with Crippen molar-refractivity contribution >= 4 is 11.8 Å². The van der Waals surface area contributed by atoms with Crippen molar-refractivity contribution in [2.75, 3.05) is 39.8 Å². The van der Waals surface area contributed by atoms with Crippen LogP contribution < -0.4 is 0 Å². The maximum atomic E-state index is 10.2. The number of aliphatic imine (C=N–C) groups is 1. The van der Waals surface area contributed by atoms with Crippen molar-refractivity contribution in [3.8, 4) is 0 Å². The third-order valence-corrected chi connectivity index (χ3v) is 3.48. The Balaban J connectivity index is 1.92. The number of likely N-dealkylation sites (N-methyl/N-ethyl adjacent to an activating group) is 1. The average Bonchev–Trinajstić information content (AvgIpc) is 2.42. The molecular weight excluding hydrogens is 242 g/mol. The molecule has 0 amide bonds. The highest BCUT2D eigenvalue weighted by atomic mass is 16.3. The number of β-amino-alcohol motifs (C(OH)–C–C–N with tert-alkyl or cyclic N) is 1. The molecule has 19 heavy (non-hydrogen) atoms. The van der Waals surface area contributed by atoms with E-state index in [0.717, 1.165) is 31.7 Å². The number of hydrogen-bond acceptors (Lipinski definition) is 5. The zero-order valence-corrected chi connectivity index (χ0v) is 11.1. The van der Waals surface area contributed by atoms with Gasteiger partial charge in [-0.15, -0.1) is 0 Å². The van der Waals surface area contributed by atoms with Crippen LogP contribution in [0, 0.1) is 0 Å². The molecule has 1 aliphatic rings. The zero-order chi connectivity index (χ0) is 13.7. The fourth-order valence-electron chi connectivity index (χ4n) is 2.20. The van der Waals surface area contributed by atoms with Gasteiger partial charge in [0.25, 0.3) is 0 Å². The third kappa shape index (κ3) is 3.98. The zero-order valence-electron chi connectivity index (χ0n) is 11.1. The molecule has 0 bridgehead atoms. The number of aliphatic hydroxyl groups excluding tert-OH is 1. The van der Waals surface area contributed by atoms with Crippen LogP contribution in [0.2, 0.25) is 0 Å². The number of piperazine rings is 1. The van der Waals surface area contributed by atoms with Crippen LogP contribution in [0.3, 0.4) is 0 Å². The second-order valence-electron chi connectivity index (χ2n) is 4.91. The van der Waals surface area contributed by atoms with E-state index < -0.39 is 6.10 Å². The van der Waals surface area contributed by atoms with Gasteiger partial charge in [0, 0.05) is 32.7 Å². The van der Waals surface area contributed by atoms with Crippen LogP contribution in [0.25, 0.3) is 0 Å². The van der Waals surface area contributed by atoms with Crippen molar-refractivity contribution in [2.24, 2.45) is 4.99 Å².